The summed E-state index contributed by atoms with van der Waals surface area (Å²) in [6, 6.07) is 9.78. The van der Waals surface area contributed by atoms with Gasteiger partial charge in [0.25, 0.3) is 5.91 Å². The topological polar surface area (TPSA) is 68.2 Å². The van der Waals surface area contributed by atoms with Crippen LogP contribution in [0, 0.1) is 6.92 Å². The lowest BCUT2D eigenvalue weighted by molar-refractivity contribution is -0.118. The SMILES string of the molecule is Cc1ccc(OCC(=O)Nc2ccn([C@@H]3CCNC3)n2)cc1. The molecular formula is C16H20N4O2. The van der Waals surface area contributed by atoms with Gasteiger partial charge in [-0.05, 0) is 32.0 Å². The Bertz CT molecular complexity index is 630. The van der Waals surface area contributed by atoms with Crippen LogP contribution in [0.15, 0.2) is 36.5 Å². The van der Waals surface area contributed by atoms with Crippen LogP contribution in [0.1, 0.15) is 18.0 Å². The number of nitrogens with one attached hydrogen (secondary N) is 2. The summed E-state index contributed by atoms with van der Waals surface area (Å²) >= 11 is 0. The number of hydrogen-bond donors (Lipinski definition) is 2. The fraction of sp³-hybridized carbons (Fsp3) is 0.375. The van der Waals surface area contributed by atoms with Crippen molar-refractivity contribution in [3.63, 3.8) is 0 Å². The van der Waals surface area contributed by atoms with Crippen molar-refractivity contribution in [1.82, 2.24) is 15.1 Å². The average Bonchev–Trinajstić information content (AvgIpc) is 3.17. The number of aryl methyl sites for hydroxylation is 1. The smallest absolute Gasteiger partial charge is 0.263 e. The monoisotopic (exact) mass is 300 g/mol. The minimum atomic E-state index is -0.213. The summed E-state index contributed by atoms with van der Waals surface area (Å²) in [5, 5.41) is 10.4. The number of benzene rings is 1. The number of anilines is 1. The molecule has 1 aliphatic rings. The summed E-state index contributed by atoms with van der Waals surface area (Å²) < 4.78 is 7.34. The van der Waals surface area contributed by atoms with Crippen molar-refractivity contribution in [2.75, 3.05) is 25.0 Å². The van der Waals surface area contributed by atoms with E-state index < -0.39 is 0 Å². The van der Waals surface area contributed by atoms with Crippen molar-refractivity contribution in [2.45, 2.75) is 19.4 Å². The van der Waals surface area contributed by atoms with Crippen molar-refractivity contribution in [3.8, 4) is 5.75 Å². The highest BCUT2D eigenvalue weighted by Crippen LogP contribution is 2.16. The summed E-state index contributed by atoms with van der Waals surface area (Å²) in [5.74, 6) is 1.03. The summed E-state index contributed by atoms with van der Waals surface area (Å²) in [6.07, 6.45) is 2.96. The Morgan fingerprint density at radius 3 is 2.95 bits per heavy atom. The standard InChI is InChI=1S/C16H20N4O2/c1-12-2-4-14(5-3-12)22-11-16(21)18-15-7-9-20(19-15)13-6-8-17-10-13/h2-5,7,9,13,17H,6,8,10-11H2,1H3,(H,18,19,21)/t13-/m1/s1. The highest BCUT2D eigenvalue weighted by Gasteiger charge is 2.17. The molecule has 6 heteroatoms. The molecule has 6 nitrogen and oxygen atoms in total. The number of aromatic nitrogens is 2. The molecule has 1 aromatic heterocycles. The predicted molar refractivity (Wildman–Crippen MR) is 84.1 cm³/mol. The third-order valence-corrected chi connectivity index (χ3v) is 3.68. The van der Waals surface area contributed by atoms with E-state index in [4.69, 9.17) is 4.74 Å². The molecule has 1 fully saturated rings. The molecule has 2 N–H and O–H groups in total. The van der Waals surface area contributed by atoms with Crippen LogP contribution < -0.4 is 15.4 Å². The van der Waals surface area contributed by atoms with Crippen LogP contribution in [0.3, 0.4) is 0 Å². The Kier molecular flexibility index (Phi) is 4.39. The maximum atomic E-state index is 11.9. The van der Waals surface area contributed by atoms with Crippen LogP contribution >= 0.6 is 0 Å². The first-order valence-electron chi connectivity index (χ1n) is 7.46. The minimum Gasteiger partial charge on any atom is -0.484 e. The molecule has 0 unspecified atom stereocenters. The Balaban J connectivity index is 1.50. The van der Waals surface area contributed by atoms with Gasteiger partial charge in [-0.15, -0.1) is 0 Å². The normalized spacial score (nSPS) is 17.4. The average molecular weight is 300 g/mol. The molecule has 22 heavy (non-hydrogen) atoms. The van der Waals surface area contributed by atoms with Gasteiger partial charge in [-0.1, -0.05) is 17.7 Å². The van der Waals surface area contributed by atoms with Gasteiger partial charge in [0.15, 0.2) is 12.4 Å². The highest BCUT2D eigenvalue weighted by molar-refractivity contribution is 5.90. The first-order chi connectivity index (χ1) is 10.7. The molecule has 0 saturated carbocycles. The van der Waals surface area contributed by atoms with E-state index in [-0.39, 0.29) is 12.5 Å². The second-order valence-corrected chi connectivity index (χ2v) is 5.48. The summed E-state index contributed by atoms with van der Waals surface area (Å²) in [6.45, 7) is 3.91. The molecule has 1 amide bonds. The lowest BCUT2D eigenvalue weighted by Crippen LogP contribution is -2.21. The van der Waals surface area contributed by atoms with E-state index in [2.05, 4.69) is 15.7 Å². The van der Waals surface area contributed by atoms with Gasteiger partial charge in [-0.3, -0.25) is 9.48 Å². The molecule has 1 saturated heterocycles. The van der Waals surface area contributed by atoms with Gasteiger partial charge >= 0.3 is 0 Å². The maximum Gasteiger partial charge on any atom is 0.263 e. The molecule has 0 bridgehead atoms. The van der Waals surface area contributed by atoms with Gasteiger partial charge in [-0.2, -0.15) is 5.10 Å². The predicted octanol–water partition coefficient (Wildman–Crippen LogP) is 1.74. The zero-order valence-corrected chi connectivity index (χ0v) is 12.6. The molecule has 1 atom stereocenters. The minimum absolute atomic E-state index is 0.0269. The van der Waals surface area contributed by atoms with Gasteiger partial charge < -0.3 is 15.4 Å². The fourth-order valence-corrected chi connectivity index (χ4v) is 2.44. The molecule has 1 aliphatic heterocycles. The van der Waals surface area contributed by atoms with E-state index in [1.807, 2.05) is 48.1 Å². The lowest BCUT2D eigenvalue weighted by Gasteiger charge is -2.08. The van der Waals surface area contributed by atoms with Crippen LogP contribution in [0.4, 0.5) is 5.82 Å². The highest BCUT2D eigenvalue weighted by atomic mass is 16.5. The van der Waals surface area contributed by atoms with E-state index in [9.17, 15) is 4.79 Å². The second-order valence-electron chi connectivity index (χ2n) is 5.48. The van der Waals surface area contributed by atoms with E-state index in [0.717, 1.165) is 25.1 Å². The fourth-order valence-electron chi connectivity index (χ4n) is 2.44. The molecule has 3 rings (SSSR count). The zero-order valence-electron chi connectivity index (χ0n) is 12.6. The Labute approximate surface area is 129 Å². The molecule has 1 aromatic carbocycles. The van der Waals surface area contributed by atoms with E-state index in [1.165, 1.54) is 0 Å². The second kappa shape index (κ2) is 6.62. The van der Waals surface area contributed by atoms with E-state index in [0.29, 0.717) is 17.6 Å². The molecule has 0 spiro atoms. The van der Waals surface area contributed by atoms with Crippen molar-refractivity contribution >= 4 is 11.7 Å². The van der Waals surface area contributed by atoms with Gasteiger partial charge in [0.1, 0.15) is 5.75 Å². The Morgan fingerprint density at radius 1 is 1.41 bits per heavy atom. The zero-order chi connectivity index (χ0) is 15.4. The van der Waals surface area contributed by atoms with E-state index >= 15 is 0 Å². The summed E-state index contributed by atoms with van der Waals surface area (Å²) in [5.41, 5.74) is 1.16. The van der Waals surface area contributed by atoms with Gasteiger partial charge in [-0.25, -0.2) is 0 Å². The number of nitrogens with zero attached hydrogens (tertiary/aromatic N) is 2. The molecular weight excluding hydrogens is 280 g/mol. The summed E-state index contributed by atoms with van der Waals surface area (Å²) in [7, 11) is 0. The number of amides is 1. The first kappa shape index (κ1) is 14.6. The maximum absolute atomic E-state index is 11.9. The van der Waals surface area contributed by atoms with Crippen LogP contribution in [0.2, 0.25) is 0 Å². The molecule has 0 aliphatic carbocycles. The quantitative estimate of drug-likeness (QED) is 0.882. The number of hydrogen-bond acceptors (Lipinski definition) is 4. The third-order valence-electron chi connectivity index (χ3n) is 3.68. The van der Waals surface area contributed by atoms with Crippen molar-refractivity contribution in [3.05, 3.63) is 42.1 Å². The number of rotatable bonds is 5. The van der Waals surface area contributed by atoms with E-state index in [1.54, 1.807) is 0 Å². The van der Waals surface area contributed by atoms with Gasteiger partial charge in [0.05, 0.1) is 6.04 Å². The van der Waals surface area contributed by atoms with Crippen molar-refractivity contribution in [1.29, 1.82) is 0 Å². The van der Waals surface area contributed by atoms with Gasteiger partial charge in [0.2, 0.25) is 0 Å². The number of carbonyl (C=O) groups is 1. The van der Waals surface area contributed by atoms with Crippen LogP contribution in [-0.2, 0) is 4.79 Å². The van der Waals surface area contributed by atoms with Crippen LogP contribution in [-0.4, -0.2) is 35.4 Å². The summed E-state index contributed by atoms with van der Waals surface area (Å²) in [4.78, 5) is 11.9. The first-order valence-corrected chi connectivity index (χ1v) is 7.46. The van der Waals surface area contributed by atoms with Crippen LogP contribution in [0.5, 0.6) is 5.75 Å². The number of ether oxygens (including phenoxy) is 1. The Hall–Kier alpha value is -2.34. The van der Waals surface area contributed by atoms with Gasteiger partial charge in [0, 0.05) is 18.8 Å². The molecule has 0 radical (unpaired) electrons. The number of carbonyl (C=O) groups excluding carboxylic acids is 1. The van der Waals surface area contributed by atoms with Crippen LogP contribution in [0.25, 0.3) is 0 Å². The molecule has 116 valence electrons. The lowest BCUT2D eigenvalue weighted by atomic mass is 10.2. The largest absolute Gasteiger partial charge is 0.484 e. The molecule has 2 heterocycles. The van der Waals surface area contributed by atoms with Crippen molar-refractivity contribution < 1.29 is 9.53 Å². The van der Waals surface area contributed by atoms with Crippen molar-refractivity contribution in [2.24, 2.45) is 0 Å². The molecule has 2 aromatic rings. The Morgan fingerprint density at radius 2 is 2.23 bits per heavy atom. The third kappa shape index (κ3) is 3.65.